The molecule has 0 radical (unpaired) electrons. The molecule has 19 heavy (non-hydrogen) atoms. The third-order valence-electron chi connectivity index (χ3n) is 3.40. The second kappa shape index (κ2) is 6.96. The van der Waals surface area contributed by atoms with Crippen molar-refractivity contribution in [2.24, 2.45) is 11.7 Å². The topological polar surface area (TPSA) is 113 Å². The number of hydrogen-bond donors (Lipinski definition) is 3. The molecule has 0 aromatic heterocycles. The standard InChI is InChI=1S/C12H21N3O4/c1-2-9(11(17)18)14-12(19)15-5-3-8(4-6-15)7-10(13)16/h8-9H,2-7H2,1H3,(H2,13,16)(H,14,19)(H,17,18)/t9-/m1/s1. The molecule has 3 amide bonds. The molecule has 1 aliphatic heterocycles. The molecule has 1 fully saturated rings. The third-order valence-corrected chi connectivity index (χ3v) is 3.40. The van der Waals surface area contributed by atoms with Gasteiger partial charge in [-0.3, -0.25) is 4.79 Å². The van der Waals surface area contributed by atoms with Crippen molar-refractivity contribution in [3.8, 4) is 0 Å². The van der Waals surface area contributed by atoms with E-state index in [0.29, 0.717) is 25.9 Å². The van der Waals surface area contributed by atoms with E-state index >= 15 is 0 Å². The number of nitrogens with zero attached hydrogens (tertiary/aromatic N) is 1. The van der Waals surface area contributed by atoms with Crippen molar-refractivity contribution < 1.29 is 19.5 Å². The molecule has 1 atom stereocenters. The maximum absolute atomic E-state index is 11.9. The first-order valence-corrected chi connectivity index (χ1v) is 6.50. The van der Waals surface area contributed by atoms with Crippen LogP contribution in [0.15, 0.2) is 0 Å². The summed E-state index contributed by atoms with van der Waals surface area (Å²) in [6, 6.07) is -1.21. The lowest BCUT2D eigenvalue weighted by Gasteiger charge is -2.32. The highest BCUT2D eigenvalue weighted by Crippen LogP contribution is 2.20. The minimum absolute atomic E-state index is 0.225. The summed E-state index contributed by atoms with van der Waals surface area (Å²) in [5.41, 5.74) is 5.14. The summed E-state index contributed by atoms with van der Waals surface area (Å²) >= 11 is 0. The minimum atomic E-state index is -1.03. The molecule has 7 heteroatoms. The zero-order chi connectivity index (χ0) is 14.4. The molecule has 1 rings (SSSR count). The van der Waals surface area contributed by atoms with Crippen LogP contribution in [0.5, 0.6) is 0 Å². The summed E-state index contributed by atoms with van der Waals surface area (Å²) in [6.07, 6.45) is 2.14. The van der Waals surface area contributed by atoms with Crippen LogP contribution in [0.2, 0.25) is 0 Å². The van der Waals surface area contributed by atoms with Gasteiger partial charge in [0.05, 0.1) is 0 Å². The fourth-order valence-electron chi connectivity index (χ4n) is 2.20. The van der Waals surface area contributed by atoms with Gasteiger partial charge in [-0.05, 0) is 25.2 Å². The van der Waals surface area contributed by atoms with Gasteiger partial charge in [-0.1, -0.05) is 6.92 Å². The summed E-state index contributed by atoms with van der Waals surface area (Å²) in [7, 11) is 0. The lowest BCUT2D eigenvalue weighted by molar-refractivity contribution is -0.139. The van der Waals surface area contributed by atoms with Crippen molar-refractivity contribution in [2.45, 2.75) is 38.6 Å². The number of nitrogens with one attached hydrogen (secondary N) is 1. The van der Waals surface area contributed by atoms with Gasteiger partial charge in [-0.25, -0.2) is 9.59 Å². The zero-order valence-corrected chi connectivity index (χ0v) is 11.1. The number of amides is 3. The first-order chi connectivity index (χ1) is 8.93. The first kappa shape index (κ1) is 15.3. The number of carboxylic acids is 1. The number of carbonyl (C=O) groups is 3. The van der Waals surface area contributed by atoms with Crippen LogP contribution < -0.4 is 11.1 Å². The normalized spacial score (nSPS) is 17.8. The summed E-state index contributed by atoms with van der Waals surface area (Å²) in [5.74, 6) is -1.12. The molecular formula is C12H21N3O4. The molecule has 1 saturated heterocycles. The number of urea groups is 1. The number of rotatable bonds is 5. The second-order valence-corrected chi connectivity index (χ2v) is 4.85. The SMILES string of the molecule is CC[C@@H](NC(=O)N1CCC(CC(N)=O)CC1)C(=O)O. The molecular weight excluding hydrogens is 250 g/mol. The van der Waals surface area contributed by atoms with Crippen LogP contribution in [-0.4, -0.2) is 47.0 Å². The van der Waals surface area contributed by atoms with E-state index in [1.807, 2.05) is 0 Å². The molecule has 0 saturated carbocycles. The van der Waals surface area contributed by atoms with Gasteiger partial charge in [0.2, 0.25) is 5.91 Å². The van der Waals surface area contributed by atoms with Gasteiger partial charge < -0.3 is 21.1 Å². The van der Waals surface area contributed by atoms with E-state index in [2.05, 4.69) is 5.32 Å². The number of piperidine rings is 1. The monoisotopic (exact) mass is 271 g/mol. The van der Waals surface area contributed by atoms with Gasteiger partial charge in [0.25, 0.3) is 0 Å². The van der Waals surface area contributed by atoms with E-state index in [1.165, 1.54) is 0 Å². The average molecular weight is 271 g/mol. The van der Waals surface area contributed by atoms with Crippen molar-refractivity contribution in [3.05, 3.63) is 0 Å². The van der Waals surface area contributed by atoms with Crippen molar-refractivity contribution in [1.82, 2.24) is 10.2 Å². The summed E-state index contributed by atoms with van der Waals surface area (Å²) in [6.45, 7) is 2.76. The Bertz CT molecular complexity index is 351. The molecule has 108 valence electrons. The van der Waals surface area contributed by atoms with Crippen LogP contribution in [0.1, 0.15) is 32.6 Å². The smallest absolute Gasteiger partial charge is 0.326 e. The van der Waals surface area contributed by atoms with E-state index in [4.69, 9.17) is 10.8 Å². The second-order valence-electron chi connectivity index (χ2n) is 4.85. The van der Waals surface area contributed by atoms with Crippen LogP contribution >= 0.6 is 0 Å². The number of nitrogens with two attached hydrogens (primary N) is 1. The van der Waals surface area contributed by atoms with Crippen molar-refractivity contribution in [3.63, 3.8) is 0 Å². The Kier molecular flexibility index (Phi) is 5.59. The Morgan fingerprint density at radius 3 is 2.37 bits per heavy atom. The number of likely N-dealkylation sites (tertiary alicyclic amines) is 1. The Balaban J connectivity index is 2.40. The van der Waals surface area contributed by atoms with Crippen LogP contribution in [0.25, 0.3) is 0 Å². The Hall–Kier alpha value is -1.79. The molecule has 0 aromatic carbocycles. The van der Waals surface area contributed by atoms with E-state index < -0.39 is 12.0 Å². The van der Waals surface area contributed by atoms with Gasteiger partial charge in [-0.2, -0.15) is 0 Å². The predicted octanol–water partition coefficient (Wildman–Crippen LogP) is 0.147. The van der Waals surface area contributed by atoms with Gasteiger partial charge in [0, 0.05) is 19.5 Å². The molecule has 0 aliphatic carbocycles. The lowest BCUT2D eigenvalue weighted by Crippen LogP contribution is -2.50. The molecule has 4 N–H and O–H groups in total. The van der Waals surface area contributed by atoms with Gasteiger partial charge in [0.15, 0.2) is 0 Å². The van der Waals surface area contributed by atoms with Crippen molar-refractivity contribution in [1.29, 1.82) is 0 Å². The number of primary amides is 1. The minimum Gasteiger partial charge on any atom is -0.480 e. The van der Waals surface area contributed by atoms with Crippen LogP contribution in [-0.2, 0) is 9.59 Å². The predicted molar refractivity (Wildman–Crippen MR) is 68.4 cm³/mol. The van der Waals surface area contributed by atoms with Crippen LogP contribution in [0.3, 0.4) is 0 Å². The van der Waals surface area contributed by atoms with Crippen molar-refractivity contribution >= 4 is 17.9 Å². The van der Waals surface area contributed by atoms with Crippen LogP contribution in [0.4, 0.5) is 4.79 Å². The van der Waals surface area contributed by atoms with Crippen molar-refractivity contribution in [2.75, 3.05) is 13.1 Å². The highest BCUT2D eigenvalue weighted by Gasteiger charge is 2.26. The van der Waals surface area contributed by atoms with Gasteiger partial charge in [-0.15, -0.1) is 0 Å². The highest BCUT2D eigenvalue weighted by atomic mass is 16.4. The molecule has 1 aliphatic rings. The maximum Gasteiger partial charge on any atom is 0.326 e. The Morgan fingerprint density at radius 2 is 1.95 bits per heavy atom. The largest absolute Gasteiger partial charge is 0.480 e. The van der Waals surface area contributed by atoms with E-state index in [1.54, 1.807) is 11.8 Å². The maximum atomic E-state index is 11.9. The molecule has 1 heterocycles. The summed E-state index contributed by atoms with van der Waals surface area (Å²) in [4.78, 5) is 35.1. The Morgan fingerprint density at radius 1 is 1.37 bits per heavy atom. The van der Waals surface area contributed by atoms with E-state index in [9.17, 15) is 14.4 Å². The van der Waals surface area contributed by atoms with Gasteiger partial charge in [0.1, 0.15) is 6.04 Å². The number of carboxylic acid groups (broad SMARTS) is 1. The number of aliphatic carboxylic acids is 1. The molecule has 0 bridgehead atoms. The fourth-order valence-corrected chi connectivity index (χ4v) is 2.20. The quantitative estimate of drug-likeness (QED) is 0.660. The van der Waals surface area contributed by atoms with Crippen LogP contribution in [0, 0.1) is 5.92 Å². The zero-order valence-electron chi connectivity index (χ0n) is 11.1. The molecule has 7 nitrogen and oxygen atoms in total. The van der Waals surface area contributed by atoms with Gasteiger partial charge >= 0.3 is 12.0 Å². The number of carbonyl (C=O) groups excluding carboxylic acids is 2. The third kappa shape index (κ3) is 4.76. The fraction of sp³-hybridized carbons (Fsp3) is 0.750. The summed E-state index contributed by atoms with van der Waals surface area (Å²) < 4.78 is 0. The first-order valence-electron chi connectivity index (χ1n) is 6.50. The molecule has 0 unspecified atom stereocenters. The average Bonchev–Trinajstić information content (AvgIpc) is 2.35. The van der Waals surface area contributed by atoms with E-state index in [0.717, 1.165) is 12.8 Å². The van der Waals surface area contributed by atoms with E-state index in [-0.39, 0.29) is 17.9 Å². The molecule has 0 aromatic rings. The molecule has 0 spiro atoms. The summed E-state index contributed by atoms with van der Waals surface area (Å²) in [5, 5.41) is 11.4. The Labute approximate surface area is 112 Å². The highest BCUT2D eigenvalue weighted by molar-refractivity contribution is 5.82. The lowest BCUT2D eigenvalue weighted by atomic mass is 9.93. The number of hydrogen-bond acceptors (Lipinski definition) is 3.